The standard InChI is InChI=1S/C28H32N2O4/c1-17-14-24-26(29(3)23-10-8-7-9-22(23)27(31)30(24)4)18(2)13-20(17)16-21-15-19(28(32)34-6)11-12-25(21)33-5/h7-12,14-15,18,26H,13,16H2,1-6H3. The fourth-order valence-electron chi connectivity index (χ4n) is 5.25. The van der Waals surface area contributed by atoms with E-state index in [0.29, 0.717) is 12.0 Å². The SMILES string of the molecule is COC(=O)c1ccc(OC)c(CC2=C(C)C=C3C(C(C)C2)N(C)c2ccccc2C(=O)N3C)c1. The van der Waals surface area contributed by atoms with E-state index in [0.717, 1.165) is 40.3 Å². The van der Waals surface area contributed by atoms with E-state index in [1.54, 1.807) is 18.1 Å². The summed E-state index contributed by atoms with van der Waals surface area (Å²) in [6, 6.07) is 13.2. The molecule has 1 heterocycles. The van der Waals surface area contributed by atoms with Crippen LogP contribution in [0.4, 0.5) is 5.69 Å². The number of benzene rings is 2. The second-order valence-electron chi connectivity index (χ2n) is 9.17. The van der Waals surface area contributed by atoms with Crippen LogP contribution >= 0.6 is 0 Å². The van der Waals surface area contributed by atoms with Gasteiger partial charge in [0, 0.05) is 25.5 Å². The Morgan fingerprint density at radius 1 is 1.12 bits per heavy atom. The molecule has 2 atom stereocenters. The highest BCUT2D eigenvalue weighted by molar-refractivity contribution is 6.01. The van der Waals surface area contributed by atoms with Gasteiger partial charge in [0.2, 0.25) is 0 Å². The number of rotatable bonds is 4. The van der Waals surface area contributed by atoms with Crippen LogP contribution in [0, 0.1) is 5.92 Å². The summed E-state index contributed by atoms with van der Waals surface area (Å²) in [5.41, 5.74) is 6.51. The van der Waals surface area contributed by atoms with Crippen molar-refractivity contribution in [3.8, 4) is 5.75 Å². The number of hydrogen-bond acceptors (Lipinski definition) is 5. The van der Waals surface area contributed by atoms with Crippen molar-refractivity contribution in [1.82, 2.24) is 4.90 Å². The predicted molar refractivity (Wildman–Crippen MR) is 133 cm³/mol. The molecule has 34 heavy (non-hydrogen) atoms. The Bertz CT molecular complexity index is 1200. The molecule has 2 unspecified atom stereocenters. The van der Waals surface area contributed by atoms with Crippen LogP contribution in [0.1, 0.15) is 46.5 Å². The minimum atomic E-state index is -0.367. The zero-order chi connectivity index (χ0) is 24.6. The van der Waals surface area contributed by atoms with Crippen LogP contribution in [0.5, 0.6) is 5.75 Å². The van der Waals surface area contributed by atoms with E-state index in [2.05, 4.69) is 31.9 Å². The Morgan fingerprint density at radius 2 is 1.85 bits per heavy atom. The van der Waals surface area contributed by atoms with Crippen LogP contribution in [0.3, 0.4) is 0 Å². The number of para-hydroxylation sites is 1. The third-order valence-corrected chi connectivity index (χ3v) is 7.06. The number of anilines is 1. The molecule has 1 aliphatic carbocycles. The summed E-state index contributed by atoms with van der Waals surface area (Å²) in [5.74, 6) is 0.630. The number of methoxy groups -OCH3 is 2. The number of carbonyl (C=O) groups excluding carboxylic acids is 2. The molecule has 1 aliphatic heterocycles. The first-order valence-electron chi connectivity index (χ1n) is 11.5. The topological polar surface area (TPSA) is 59.1 Å². The Balaban J connectivity index is 1.76. The number of nitrogens with zero attached hydrogens (tertiary/aromatic N) is 2. The van der Waals surface area contributed by atoms with E-state index in [1.807, 2.05) is 43.4 Å². The molecule has 2 aromatic carbocycles. The van der Waals surface area contributed by atoms with Crippen molar-refractivity contribution < 1.29 is 19.1 Å². The van der Waals surface area contributed by atoms with Gasteiger partial charge in [0.1, 0.15) is 5.75 Å². The molecule has 6 heteroatoms. The van der Waals surface area contributed by atoms with Crippen molar-refractivity contribution in [2.24, 2.45) is 5.92 Å². The number of ether oxygens (including phenoxy) is 2. The Labute approximate surface area is 201 Å². The fraction of sp³-hybridized carbons (Fsp3) is 0.357. The average Bonchev–Trinajstić information content (AvgIpc) is 3.01. The molecule has 0 bridgehead atoms. The Kier molecular flexibility index (Phi) is 6.51. The van der Waals surface area contributed by atoms with Gasteiger partial charge in [-0.3, -0.25) is 4.79 Å². The second kappa shape index (κ2) is 9.37. The lowest BCUT2D eigenvalue weighted by Gasteiger charge is -2.35. The lowest BCUT2D eigenvalue weighted by Crippen LogP contribution is -2.41. The summed E-state index contributed by atoms with van der Waals surface area (Å²) >= 11 is 0. The molecular weight excluding hydrogens is 428 g/mol. The number of allylic oxidation sites excluding steroid dienone is 3. The third-order valence-electron chi connectivity index (χ3n) is 7.06. The minimum Gasteiger partial charge on any atom is -0.496 e. The van der Waals surface area contributed by atoms with Gasteiger partial charge >= 0.3 is 5.97 Å². The number of fused-ring (bicyclic) bond motifs is 2. The maximum atomic E-state index is 13.3. The monoisotopic (exact) mass is 460 g/mol. The lowest BCUT2D eigenvalue weighted by molar-refractivity contribution is 0.0600. The molecule has 6 nitrogen and oxygen atoms in total. The van der Waals surface area contributed by atoms with Crippen LogP contribution in [0.2, 0.25) is 0 Å². The van der Waals surface area contributed by atoms with Gasteiger partial charge in [-0.2, -0.15) is 0 Å². The molecule has 0 saturated carbocycles. The highest BCUT2D eigenvalue weighted by atomic mass is 16.5. The molecular formula is C28H32N2O4. The summed E-state index contributed by atoms with van der Waals surface area (Å²) in [5, 5.41) is 0. The van der Waals surface area contributed by atoms with Gasteiger partial charge in [-0.05, 0) is 73.2 Å². The smallest absolute Gasteiger partial charge is 0.337 e. The predicted octanol–water partition coefficient (Wildman–Crippen LogP) is 4.86. The molecule has 1 amide bonds. The number of hydrogen-bond donors (Lipinski definition) is 0. The first kappa shape index (κ1) is 23.6. The van der Waals surface area contributed by atoms with E-state index in [4.69, 9.17) is 9.47 Å². The quantitative estimate of drug-likeness (QED) is 0.610. The van der Waals surface area contributed by atoms with Crippen molar-refractivity contribution in [1.29, 1.82) is 0 Å². The highest BCUT2D eigenvalue weighted by Crippen LogP contribution is 2.39. The zero-order valence-electron chi connectivity index (χ0n) is 20.7. The van der Waals surface area contributed by atoms with E-state index >= 15 is 0 Å². The summed E-state index contributed by atoms with van der Waals surface area (Å²) in [7, 11) is 6.96. The van der Waals surface area contributed by atoms with Gasteiger partial charge in [0.25, 0.3) is 5.91 Å². The third kappa shape index (κ3) is 4.09. The highest BCUT2D eigenvalue weighted by Gasteiger charge is 2.37. The summed E-state index contributed by atoms with van der Waals surface area (Å²) in [6.07, 6.45) is 3.66. The fourth-order valence-corrected chi connectivity index (χ4v) is 5.25. The van der Waals surface area contributed by atoms with Crippen LogP contribution in [-0.2, 0) is 11.2 Å². The summed E-state index contributed by atoms with van der Waals surface area (Å²) in [4.78, 5) is 29.5. The summed E-state index contributed by atoms with van der Waals surface area (Å²) < 4.78 is 10.5. The number of carbonyl (C=O) groups is 2. The molecule has 0 fully saturated rings. The van der Waals surface area contributed by atoms with Gasteiger partial charge in [0.05, 0.1) is 31.4 Å². The first-order valence-corrected chi connectivity index (χ1v) is 11.5. The maximum absolute atomic E-state index is 13.3. The number of amides is 1. The van der Waals surface area contributed by atoms with E-state index in [9.17, 15) is 9.59 Å². The zero-order valence-corrected chi connectivity index (χ0v) is 20.7. The van der Waals surface area contributed by atoms with Crippen molar-refractivity contribution in [2.75, 3.05) is 33.2 Å². The molecule has 0 N–H and O–H groups in total. The van der Waals surface area contributed by atoms with E-state index < -0.39 is 0 Å². The van der Waals surface area contributed by atoms with Crippen LogP contribution in [0.25, 0.3) is 0 Å². The summed E-state index contributed by atoms with van der Waals surface area (Å²) in [6.45, 7) is 4.34. The van der Waals surface area contributed by atoms with Gasteiger partial charge in [-0.15, -0.1) is 0 Å². The van der Waals surface area contributed by atoms with E-state index in [1.165, 1.54) is 12.7 Å². The van der Waals surface area contributed by atoms with Gasteiger partial charge < -0.3 is 19.3 Å². The molecule has 0 aromatic heterocycles. The Hall–Kier alpha value is -3.54. The first-order chi connectivity index (χ1) is 16.3. The van der Waals surface area contributed by atoms with Crippen LogP contribution < -0.4 is 9.64 Å². The molecule has 0 spiro atoms. The van der Waals surface area contributed by atoms with Crippen molar-refractivity contribution >= 4 is 17.6 Å². The second-order valence-corrected chi connectivity index (χ2v) is 9.17. The van der Waals surface area contributed by atoms with Gasteiger partial charge in [-0.25, -0.2) is 4.79 Å². The van der Waals surface area contributed by atoms with E-state index in [-0.39, 0.29) is 23.8 Å². The largest absolute Gasteiger partial charge is 0.496 e. The lowest BCUT2D eigenvalue weighted by atomic mass is 9.89. The molecule has 4 rings (SSSR count). The molecule has 0 radical (unpaired) electrons. The number of likely N-dealkylation sites (N-methyl/N-ethyl adjacent to an activating group) is 2. The Morgan fingerprint density at radius 3 is 2.56 bits per heavy atom. The number of esters is 1. The minimum absolute atomic E-state index is 0.00657. The average molecular weight is 461 g/mol. The van der Waals surface area contributed by atoms with Gasteiger partial charge in [0.15, 0.2) is 0 Å². The molecule has 2 aromatic rings. The van der Waals surface area contributed by atoms with Gasteiger partial charge in [-0.1, -0.05) is 24.6 Å². The van der Waals surface area contributed by atoms with Crippen LogP contribution in [0.15, 0.2) is 65.4 Å². The van der Waals surface area contributed by atoms with Crippen molar-refractivity contribution in [3.05, 3.63) is 82.1 Å². The van der Waals surface area contributed by atoms with Crippen LogP contribution in [-0.4, -0.2) is 51.1 Å². The molecule has 2 aliphatic rings. The normalized spacial score (nSPS) is 20.2. The van der Waals surface area contributed by atoms with Crippen molar-refractivity contribution in [3.63, 3.8) is 0 Å². The maximum Gasteiger partial charge on any atom is 0.337 e. The molecule has 0 saturated heterocycles. The van der Waals surface area contributed by atoms with Crippen molar-refractivity contribution in [2.45, 2.75) is 32.7 Å². The molecule has 178 valence electrons.